The van der Waals surface area contributed by atoms with Gasteiger partial charge in [0.2, 0.25) is 5.96 Å². The van der Waals surface area contributed by atoms with Gasteiger partial charge in [-0.05, 0) is 24.0 Å². The van der Waals surface area contributed by atoms with E-state index in [0.717, 1.165) is 16.0 Å². The molecule has 0 aromatic heterocycles. The van der Waals surface area contributed by atoms with Crippen LogP contribution in [-0.4, -0.2) is 46.7 Å². The van der Waals surface area contributed by atoms with Gasteiger partial charge in [-0.3, -0.25) is 15.5 Å². The Morgan fingerprint density at radius 1 is 0.969 bits per heavy atom. The minimum atomic E-state index is -1.17. The van der Waals surface area contributed by atoms with Crippen LogP contribution >= 0.6 is 0 Å². The molecule has 1 atom stereocenters. The average Bonchev–Trinajstić information content (AvgIpc) is 2.80. The van der Waals surface area contributed by atoms with Gasteiger partial charge in [0, 0.05) is 6.54 Å². The summed E-state index contributed by atoms with van der Waals surface area (Å²) in [5.74, 6) is -1.72. The van der Waals surface area contributed by atoms with Gasteiger partial charge in [-0.15, -0.1) is 0 Å². The molecule has 0 heterocycles. The molecule has 2 amide bonds. The first kappa shape index (κ1) is 24.4. The standard InChI is InChI=1S/C22H26N4O6/c23-18(19(27)28)12-7-13-26(22(30)32-15-17-10-5-2-6-11-17)20(24)25-21(29)31-14-16-8-3-1-4-9-16/h1-6,8-11,18H,7,12-15,23H2,(H,27,28)(H2,24,25,29). The Hall–Kier alpha value is -3.92. The van der Waals surface area contributed by atoms with Crippen molar-refractivity contribution in [3.05, 3.63) is 71.8 Å². The summed E-state index contributed by atoms with van der Waals surface area (Å²) in [6.07, 6.45) is -1.53. The van der Waals surface area contributed by atoms with Gasteiger partial charge in [0.15, 0.2) is 0 Å². The molecule has 2 aromatic carbocycles. The van der Waals surface area contributed by atoms with Crippen molar-refractivity contribution in [2.24, 2.45) is 5.73 Å². The number of ether oxygens (including phenoxy) is 2. The summed E-state index contributed by atoms with van der Waals surface area (Å²) in [5.41, 5.74) is 6.99. The number of carboxylic acid groups (broad SMARTS) is 1. The van der Waals surface area contributed by atoms with Crippen LogP contribution in [0, 0.1) is 5.41 Å². The maximum absolute atomic E-state index is 12.6. The van der Waals surface area contributed by atoms with Crippen molar-refractivity contribution >= 4 is 24.1 Å². The molecule has 170 valence electrons. The van der Waals surface area contributed by atoms with E-state index in [1.165, 1.54) is 0 Å². The summed E-state index contributed by atoms with van der Waals surface area (Å²) in [5, 5.41) is 19.2. The van der Waals surface area contributed by atoms with Gasteiger partial charge >= 0.3 is 18.2 Å². The fourth-order valence-electron chi connectivity index (χ4n) is 2.61. The monoisotopic (exact) mass is 442 g/mol. The summed E-state index contributed by atoms with van der Waals surface area (Å²) in [4.78, 5) is 36.4. The fourth-order valence-corrected chi connectivity index (χ4v) is 2.61. The average molecular weight is 442 g/mol. The zero-order valence-corrected chi connectivity index (χ0v) is 17.4. The minimum Gasteiger partial charge on any atom is -0.480 e. The number of rotatable bonds is 9. The van der Waals surface area contributed by atoms with Crippen molar-refractivity contribution in [2.45, 2.75) is 32.1 Å². The number of hydrogen-bond donors (Lipinski definition) is 4. The van der Waals surface area contributed by atoms with E-state index in [1.54, 1.807) is 48.5 Å². The number of nitrogens with zero attached hydrogens (tertiary/aromatic N) is 1. The van der Waals surface area contributed by atoms with E-state index in [2.05, 4.69) is 5.32 Å². The lowest BCUT2D eigenvalue weighted by Gasteiger charge is -2.23. The van der Waals surface area contributed by atoms with Crippen molar-refractivity contribution < 1.29 is 29.0 Å². The molecule has 0 radical (unpaired) electrons. The molecule has 0 aliphatic rings. The lowest BCUT2D eigenvalue weighted by Crippen LogP contribution is -2.47. The molecule has 32 heavy (non-hydrogen) atoms. The number of nitrogens with two attached hydrogens (primary N) is 1. The van der Waals surface area contributed by atoms with Crippen molar-refractivity contribution in [3.63, 3.8) is 0 Å². The molecule has 0 aliphatic carbocycles. The highest BCUT2D eigenvalue weighted by atomic mass is 16.6. The second-order valence-electron chi connectivity index (χ2n) is 6.81. The normalized spacial score (nSPS) is 11.2. The van der Waals surface area contributed by atoms with Gasteiger partial charge in [0.25, 0.3) is 0 Å². The number of nitrogens with one attached hydrogen (secondary N) is 2. The molecule has 5 N–H and O–H groups in total. The van der Waals surface area contributed by atoms with Crippen LogP contribution in [0.1, 0.15) is 24.0 Å². The number of aliphatic carboxylic acids is 1. The lowest BCUT2D eigenvalue weighted by molar-refractivity contribution is -0.138. The SMILES string of the molecule is N=C(NC(=O)OCc1ccccc1)N(CCCC(N)C(=O)O)C(=O)OCc1ccccc1. The predicted molar refractivity (Wildman–Crippen MR) is 116 cm³/mol. The van der Waals surface area contributed by atoms with Gasteiger partial charge in [0.05, 0.1) is 0 Å². The van der Waals surface area contributed by atoms with Crippen molar-refractivity contribution in [1.82, 2.24) is 10.2 Å². The summed E-state index contributed by atoms with van der Waals surface area (Å²) < 4.78 is 10.3. The molecule has 10 nitrogen and oxygen atoms in total. The van der Waals surface area contributed by atoms with Gasteiger partial charge in [-0.1, -0.05) is 60.7 Å². The van der Waals surface area contributed by atoms with E-state index in [0.29, 0.717) is 0 Å². The van der Waals surface area contributed by atoms with E-state index in [4.69, 9.17) is 25.7 Å². The molecule has 0 bridgehead atoms. The summed E-state index contributed by atoms with van der Waals surface area (Å²) in [7, 11) is 0. The predicted octanol–water partition coefficient (Wildman–Crippen LogP) is 2.68. The number of carbonyl (C=O) groups excluding carboxylic acids is 2. The first-order chi connectivity index (χ1) is 15.4. The first-order valence-electron chi connectivity index (χ1n) is 9.89. The number of alkyl carbamates (subject to hydrolysis) is 1. The van der Waals surface area contributed by atoms with Crippen LogP contribution in [0.2, 0.25) is 0 Å². The number of guanidine groups is 1. The summed E-state index contributed by atoms with van der Waals surface area (Å²) in [6, 6.07) is 16.8. The molecule has 0 saturated carbocycles. The van der Waals surface area contributed by atoms with Gasteiger partial charge in [0.1, 0.15) is 19.3 Å². The van der Waals surface area contributed by atoms with Crippen LogP contribution in [-0.2, 0) is 27.5 Å². The third-order valence-electron chi connectivity index (χ3n) is 4.34. The Morgan fingerprint density at radius 3 is 2.03 bits per heavy atom. The third kappa shape index (κ3) is 8.44. The van der Waals surface area contributed by atoms with Crippen LogP contribution in [0.5, 0.6) is 0 Å². The number of carboxylic acids is 1. The van der Waals surface area contributed by atoms with Crippen LogP contribution in [0.25, 0.3) is 0 Å². The molecular formula is C22H26N4O6. The van der Waals surface area contributed by atoms with Gasteiger partial charge < -0.3 is 20.3 Å². The van der Waals surface area contributed by atoms with Crippen molar-refractivity contribution in [1.29, 1.82) is 5.41 Å². The van der Waals surface area contributed by atoms with E-state index in [1.807, 2.05) is 12.1 Å². The molecule has 0 saturated heterocycles. The highest BCUT2D eigenvalue weighted by molar-refractivity contribution is 5.99. The van der Waals surface area contributed by atoms with Gasteiger partial charge in [-0.2, -0.15) is 0 Å². The third-order valence-corrected chi connectivity index (χ3v) is 4.34. The number of benzene rings is 2. The zero-order valence-electron chi connectivity index (χ0n) is 17.4. The second kappa shape index (κ2) is 12.7. The van der Waals surface area contributed by atoms with Crippen LogP contribution in [0.3, 0.4) is 0 Å². The van der Waals surface area contributed by atoms with Crippen LogP contribution < -0.4 is 11.1 Å². The minimum absolute atomic E-state index is 0.00806. The molecule has 2 aromatic rings. The maximum Gasteiger partial charge on any atom is 0.416 e. The quantitative estimate of drug-likeness (QED) is 0.344. The molecule has 0 fully saturated rings. The molecule has 0 spiro atoms. The molecule has 1 unspecified atom stereocenters. The van der Waals surface area contributed by atoms with Crippen LogP contribution in [0.4, 0.5) is 9.59 Å². The van der Waals surface area contributed by atoms with Gasteiger partial charge in [-0.25, -0.2) is 14.5 Å². The maximum atomic E-state index is 12.6. The Morgan fingerprint density at radius 2 is 1.50 bits per heavy atom. The van der Waals surface area contributed by atoms with E-state index in [9.17, 15) is 14.4 Å². The molecule has 2 rings (SSSR count). The summed E-state index contributed by atoms with van der Waals surface area (Å²) >= 11 is 0. The van der Waals surface area contributed by atoms with Crippen molar-refractivity contribution in [3.8, 4) is 0 Å². The second-order valence-corrected chi connectivity index (χ2v) is 6.81. The van der Waals surface area contributed by atoms with E-state index >= 15 is 0 Å². The fraction of sp³-hybridized carbons (Fsp3) is 0.273. The smallest absolute Gasteiger partial charge is 0.416 e. The number of hydrogen-bond acceptors (Lipinski definition) is 7. The highest BCUT2D eigenvalue weighted by Gasteiger charge is 2.23. The van der Waals surface area contributed by atoms with E-state index < -0.39 is 30.2 Å². The first-order valence-corrected chi connectivity index (χ1v) is 9.89. The number of carbonyl (C=O) groups is 3. The Bertz CT molecular complexity index is 907. The zero-order chi connectivity index (χ0) is 23.3. The van der Waals surface area contributed by atoms with E-state index in [-0.39, 0.29) is 32.6 Å². The largest absolute Gasteiger partial charge is 0.480 e. The topological polar surface area (TPSA) is 155 Å². The molecule has 10 heteroatoms. The Labute approximate surface area is 185 Å². The Kier molecular flexibility index (Phi) is 9.67. The summed E-state index contributed by atoms with van der Waals surface area (Å²) in [6.45, 7) is -0.116. The molecule has 0 aliphatic heterocycles. The highest BCUT2D eigenvalue weighted by Crippen LogP contribution is 2.07. The Balaban J connectivity index is 1.94. The van der Waals surface area contributed by atoms with Crippen molar-refractivity contribution in [2.75, 3.05) is 6.54 Å². The van der Waals surface area contributed by atoms with Crippen LogP contribution in [0.15, 0.2) is 60.7 Å². The lowest BCUT2D eigenvalue weighted by atomic mass is 10.1. The number of amides is 2. The molecular weight excluding hydrogens is 416 g/mol.